The van der Waals surface area contributed by atoms with E-state index in [9.17, 15) is 4.79 Å². The van der Waals surface area contributed by atoms with Crippen LogP contribution in [0, 0.1) is 0 Å². The molecule has 0 radical (unpaired) electrons. The van der Waals surface area contributed by atoms with E-state index in [0.717, 1.165) is 5.82 Å². The van der Waals surface area contributed by atoms with E-state index in [2.05, 4.69) is 4.98 Å². The number of benzene rings is 1. The number of imidazole rings is 1. The molecule has 1 heterocycles. The van der Waals surface area contributed by atoms with E-state index in [-0.39, 0.29) is 5.78 Å². The van der Waals surface area contributed by atoms with Crippen molar-refractivity contribution in [2.45, 2.75) is 12.8 Å². The van der Waals surface area contributed by atoms with Gasteiger partial charge in [-0.1, -0.05) is 11.6 Å². The standard InChI is InChI=1S/C13H14ClN3O/c1-17-7-6-16-13(17)5-4-12(18)10-3-2-9(14)8-11(10)15/h2-3,6-8H,4-5,15H2,1H3. The number of rotatable bonds is 4. The summed E-state index contributed by atoms with van der Waals surface area (Å²) >= 11 is 5.80. The summed E-state index contributed by atoms with van der Waals surface area (Å²) in [6.45, 7) is 0. The fourth-order valence-corrected chi connectivity index (χ4v) is 1.97. The fourth-order valence-electron chi connectivity index (χ4n) is 1.78. The predicted molar refractivity (Wildman–Crippen MR) is 71.7 cm³/mol. The van der Waals surface area contributed by atoms with Gasteiger partial charge in [0, 0.05) is 48.6 Å². The molecule has 0 amide bonds. The molecule has 1 aromatic carbocycles. The van der Waals surface area contributed by atoms with Gasteiger partial charge in [0.2, 0.25) is 0 Å². The number of carbonyl (C=O) groups excluding carboxylic acids is 1. The molecule has 0 aliphatic carbocycles. The highest BCUT2D eigenvalue weighted by Crippen LogP contribution is 2.19. The minimum atomic E-state index is 0.00664. The normalized spacial score (nSPS) is 10.6. The van der Waals surface area contributed by atoms with Crippen molar-refractivity contribution >= 4 is 23.1 Å². The van der Waals surface area contributed by atoms with Gasteiger partial charge >= 0.3 is 0 Å². The largest absolute Gasteiger partial charge is 0.398 e. The maximum absolute atomic E-state index is 12.0. The van der Waals surface area contributed by atoms with E-state index in [1.54, 1.807) is 24.4 Å². The Morgan fingerprint density at radius 2 is 2.28 bits per heavy atom. The number of nitrogens with zero attached hydrogens (tertiary/aromatic N) is 2. The molecule has 0 aliphatic rings. The average molecular weight is 264 g/mol. The number of carbonyl (C=O) groups is 1. The van der Waals surface area contributed by atoms with Crippen molar-refractivity contribution < 1.29 is 4.79 Å². The van der Waals surface area contributed by atoms with Gasteiger partial charge in [0.05, 0.1) is 0 Å². The van der Waals surface area contributed by atoms with Crippen LogP contribution in [0.2, 0.25) is 5.02 Å². The van der Waals surface area contributed by atoms with Crippen molar-refractivity contribution in [3.05, 3.63) is 47.0 Å². The van der Waals surface area contributed by atoms with Gasteiger partial charge in [-0.3, -0.25) is 4.79 Å². The van der Waals surface area contributed by atoms with Gasteiger partial charge in [-0.05, 0) is 18.2 Å². The molecule has 0 saturated carbocycles. The molecule has 2 N–H and O–H groups in total. The van der Waals surface area contributed by atoms with Crippen LogP contribution in [-0.2, 0) is 13.5 Å². The molecule has 2 aromatic rings. The van der Waals surface area contributed by atoms with E-state index in [0.29, 0.717) is 29.1 Å². The number of ketones is 1. The number of Topliss-reactive ketones (excluding diaryl/α,β-unsaturated/α-hetero) is 1. The molecule has 4 nitrogen and oxygen atoms in total. The topological polar surface area (TPSA) is 60.9 Å². The van der Waals surface area contributed by atoms with E-state index >= 15 is 0 Å². The Hall–Kier alpha value is -1.81. The van der Waals surface area contributed by atoms with E-state index in [4.69, 9.17) is 17.3 Å². The van der Waals surface area contributed by atoms with Crippen LogP contribution in [0.4, 0.5) is 5.69 Å². The van der Waals surface area contributed by atoms with Crippen molar-refractivity contribution in [1.29, 1.82) is 0 Å². The van der Waals surface area contributed by atoms with Crippen LogP contribution in [0.25, 0.3) is 0 Å². The van der Waals surface area contributed by atoms with Crippen molar-refractivity contribution in [3.8, 4) is 0 Å². The number of nitrogens with two attached hydrogens (primary N) is 1. The number of anilines is 1. The molecule has 0 fully saturated rings. The molecule has 0 bridgehead atoms. The van der Waals surface area contributed by atoms with Gasteiger partial charge in [-0.2, -0.15) is 0 Å². The molecule has 94 valence electrons. The number of aromatic nitrogens is 2. The SMILES string of the molecule is Cn1ccnc1CCC(=O)c1ccc(Cl)cc1N. The summed E-state index contributed by atoms with van der Waals surface area (Å²) in [5.74, 6) is 0.892. The minimum absolute atomic E-state index is 0.00664. The number of nitrogen functional groups attached to an aromatic ring is 1. The Morgan fingerprint density at radius 1 is 1.50 bits per heavy atom. The molecule has 0 atom stereocenters. The zero-order valence-electron chi connectivity index (χ0n) is 10.1. The second kappa shape index (κ2) is 5.23. The monoisotopic (exact) mass is 263 g/mol. The molecule has 0 saturated heterocycles. The Labute approximate surface area is 110 Å². The maximum atomic E-state index is 12.0. The fraction of sp³-hybridized carbons (Fsp3) is 0.231. The Kier molecular flexibility index (Phi) is 3.67. The minimum Gasteiger partial charge on any atom is -0.398 e. The third-order valence-electron chi connectivity index (χ3n) is 2.81. The first-order chi connectivity index (χ1) is 8.58. The molecular weight excluding hydrogens is 250 g/mol. The highest BCUT2D eigenvalue weighted by Gasteiger charge is 2.11. The lowest BCUT2D eigenvalue weighted by molar-refractivity contribution is 0.0983. The number of hydrogen-bond donors (Lipinski definition) is 1. The van der Waals surface area contributed by atoms with Gasteiger partial charge in [0.15, 0.2) is 5.78 Å². The van der Waals surface area contributed by atoms with Crippen LogP contribution >= 0.6 is 11.6 Å². The smallest absolute Gasteiger partial charge is 0.165 e. The molecule has 2 rings (SSSR count). The average Bonchev–Trinajstić information content (AvgIpc) is 2.72. The van der Waals surface area contributed by atoms with E-state index < -0.39 is 0 Å². The summed E-state index contributed by atoms with van der Waals surface area (Å²) in [7, 11) is 1.91. The highest BCUT2D eigenvalue weighted by atomic mass is 35.5. The second-order valence-electron chi connectivity index (χ2n) is 4.11. The van der Waals surface area contributed by atoms with E-state index in [1.165, 1.54) is 0 Å². The quantitative estimate of drug-likeness (QED) is 0.681. The third kappa shape index (κ3) is 2.71. The zero-order chi connectivity index (χ0) is 13.1. The van der Waals surface area contributed by atoms with Crippen molar-refractivity contribution in [2.24, 2.45) is 7.05 Å². The number of aryl methyl sites for hydroxylation is 2. The lowest BCUT2D eigenvalue weighted by Gasteiger charge is -2.05. The summed E-state index contributed by atoms with van der Waals surface area (Å²) in [5.41, 5.74) is 6.72. The van der Waals surface area contributed by atoms with Crippen LogP contribution in [-0.4, -0.2) is 15.3 Å². The molecule has 5 heteroatoms. The summed E-state index contributed by atoms with van der Waals surface area (Å²) in [6, 6.07) is 4.93. The lowest BCUT2D eigenvalue weighted by Crippen LogP contribution is -2.07. The summed E-state index contributed by atoms with van der Waals surface area (Å²) in [6.07, 6.45) is 4.56. The Balaban J connectivity index is 2.06. The van der Waals surface area contributed by atoms with Crippen LogP contribution < -0.4 is 5.73 Å². The third-order valence-corrected chi connectivity index (χ3v) is 3.05. The molecule has 18 heavy (non-hydrogen) atoms. The van der Waals surface area contributed by atoms with Gasteiger partial charge in [-0.15, -0.1) is 0 Å². The molecule has 1 aromatic heterocycles. The first-order valence-corrected chi connectivity index (χ1v) is 6.00. The summed E-state index contributed by atoms with van der Waals surface area (Å²) in [4.78, 5) is 16.2. The zero-order valence-corrected chi connectivity index (χ0v) is 10.8. The maximum Gasteiger partial charge on any atom is 0.165 e. The number of hydrogen-bond acceptors (Lipinski definition) is 3. The molecule has 0 unspecified atom stereocenters. The molecule has 0 aliphatic heterocycles. The first-order valence-electron chi connectivity index (χ1n) is 5.62. The van der Waals surface area contributed by atoms with E-state index in [1.807, 2.05) is 17.8 Å². The first kappa shape index (κ1) is 12.6. The lowest BCUT2D eigenvalue weighted by atomic mass is 10.0. The molecular formula is C13H14ClN3O. The van der Waals surface area contributed by atoms with Crippen molar-refractivity contribution in [2.75, 3.05) is 5.73 Å². The van der Waals surface area contributed by atoms with Gasteiger partial charge in [0.25, 0.3) is 0 Å². The van der Waals surface area contributed by atoms with Crippen molar-refractivity contribution in [3.63, 3.8) is 0 Å². The van der Waals surface area contributed by atoms with Gasteiger partial charge in [-0.25, -0.2) is 4.98 Å². The van der Waals surface area contributed by atoms with Crippen LogP contribution in [0.5, 0.6) is 0 Å². The predicted octanol–water partition coefficient (Wildman–Crippen LogP) is 2.47. The van der Waals surface area contributed by atoms with Crippen LogP contribution in [0.15, 0.2) is 30.6 Å². The summed E-state index contributed by atoms with van der Waals surface area (Å²) in [5, 5.41) is 0.535. The van der Waals surface area contributed by atoms with Gasteiger partial charge < -0.3 is 10.3 Å². The Bertz CT molecular complexity index is 577. The molecule has 0 spiro atoms. The van der Waals surface area contributed by atoms with Crippen molar-refractivity contribution in [1.82, 2.24) is 9.55 Å². The second-order valence-corrected chi connectivity index (χ2v) is 4.55. The van der Waals surface area contributed by atoms with Crippen LogP contribution in [0.3, 0.4) is 0 Å². The Morgan fingerprint density at radius 3 is 2.89 bits per heavy atom. The highest BCUT2D eigenvalue weighted by molar-refractivity contribution is 6.31. The van der Waals surface area contributed by atoms with Crippen LogP contribution in [0.1, 0.15) is 22.6 Å². The number of halogens is 1. The summed E-state index contributed by atoms with van der Waals surface area (Å²) < 4.78 is 1.90. The van der Waals surface area contributed by atoms with Gasteiger partial charge in [0.1, 0.15) is 5.82 Å².